The van der Waals surface area contributed by atoms with Gasteiger partial charge in [-0.1, -0.05) is 25.5 Å². The van der Waals surface area contributed by atoms with Gasteiger partial charge < -0.3 is 20.5 Å². The Balaban J connectivity index is 1.72. The monoisotopic (exact) mass is 318 g/mol. The number of nitrogens with two attached hydrogens (primary N) is 1. The zero-order chi connectivity index (χ0) is 16.4. The predicted octanol–water partition coefficient (Wildman–Crippen LogP) is 1.91. The zero-order valence-electron chi connectivity index (χ0n) is 13.7. The normalized spacial score (nSPS) is 30.9. The standard InChI is InChI=1S/C18H26N2O3/c1-2-20-10-13-6-5-9-18(11-20,16(13)21)12-23-17(22)14-7-3-4-8-15(14)19/h3-4,7-8,13,16,21H,2,5-6,9-12,19H2,1H3. The number of piperidine rings is 1. The molecule has 1 aliphatic carbocycles. The average molecular weight is 318 g/mol. The Hall–Kier alpha value is -1.59. The van der Waals surface area contributed by atoms with E-state index in [-0.39, 0.29) is 24.0 Å². The van der Waals surface area contributed by atoms with Crippen LogP contribution in [0.5, 0.6) is 0 Å². The number of benzene rings is 1. The summed E-state index contributed by atoms with van der Waals surface area (Å²) < 4.78 is 5.58. The molecule has 23 heavy (non-hydrogen) atoms. The molecule has 3 unspecified atom stereocenters. The first-order chi connectivity index (χ1) is 11.1. The van der Waals surface area contributed by atoms with Crippen LogP contribution >= 0.6 is 0 Å². The lowest BCUT2D eigenvalue weighted by Gasteiger charge is -2.52. The van der Waals surface area contributed by atoms with Gasteiger partial charge in [0.05, 0.1) is 11.7 Å². The number of fused-ring (bicyclic) bond motifs is 2. The molecule has 5 nitrogen and oxygen atoms in total. The predicted molar refractivity (Wildman–Crippen MR) is 89.0 cm³/mol. The molecular formula is C18H26N2O3. The maximum atomic E-state index is 12.3. The third-order valence-electron chi connectivity index (χ3n) is 5.47. The molecule has 0 aromatic heterocycles. The molecule has 2 aliphatic rings. The van der Waals surface area contributed by atoms with Gasteiger partial charge in [0.25, 0.3) is 0 Å². The first kappa shape index (κ1) is 16.3. The molecule has 1 aromatic rings. The summed E-state index contributed by atoms with van der Waals surface area (Å²) in [6.07, 6.45) is 2.65. The van der Waals surface area contributed by atoms with E-state index in [2.05, 4.69) is 11.8 Å². The van der Waals surface area contributed by atoms with E-state index in [0.717, 1.165) is 38.9 Å². The Morgan fingerprint density at radius 2 is 2.26 bits per heavy atom. The Labute approximate surface area is 137 Å². The van der Waals surface area contributed by atoms with Gasteiger partial charge in [-0.25, -0.2) is 4.79 Å². The molecule has 1 aliphatic heterocycles. The van der Waals surface area contributed by atoms with Crippen LogP contribution in [0.25, 0.3) is 0 Å². The summed E-state index contributed by atoms with van der Waals surface area (Å²) in [4.78, 5) is 14.7. The maximum Gasteiger partial charge on any atom is 0.340 e. The van der Waals surface area contributed by atoms with Crippen LogP contribution in [-0.4, -0.2) is 48.3 Å². The summed E-state index contributed by atoms with van der Waals surface area (Å²) in [5, 5.41) is 10.7. The van der Waals surface area contributed by atoms with Crippen LogP contribution < -0.4 is 5.73 Å². The number of carbonyl (C=O) groups excluding carboxylic acids is 1. The fourth-order valence-corrected chi connectivity index (χ4v) is 4.14. The van der Waals surface area contributed by atoms with Crippen molar-refractivity contribution >= 4 is 11.7 Å². The minimum absolute atomic E-state index is 0.258. The van der Waals surface area contributed by atoms with Gasteiger partial charge in [-0.3, -0.25) is 0 Å². The SMILES string of the molecule is CCN1CC2CCCC(COC(=O)c3ccccc3N)(C1)C2O. The van der Waals surface area contributed by atoms with E-state index in [1.807, 2.05) is 0 Å². The molecule has 1 saturated heterocycles. The maximum absolute atomic E-state index is 12.3. The summed E-state index contributed by atoms with van der Waals surface area (Å²) in [5.74, 6) is -0.113. The van der Waals surface area contributed by atoms with Crippen molar-refractivity contribution in [2.75, 3.05) is 32.0 Å². The smallest absolute Gasteiger partial charge is 0.340 e. The van der Waals surface area contributed by atoms with Crippen LogP contribution in [0, 0.1) is 11.3 Å². The van der Waals surface area contributed by atoms with Crippen LogP contribution in [-0.2, 0) is 4.74 Å². The van der Waals surface area contributed by atoms with Gasteiger partial charge >= 0.3 is 5.97 Å². The highest BCUT2D eigenvalue weighted by molar-refractivity contribution is 5.94. The van der Waals surface area contributed by atoms with E-state index in [1.165, 1.54) is 0 Å². The quantitative estimate of drug-likeness (QED) is 0.655. The zero-order valence-corrected chi connectivity index (χ0v) is 13.7. The van der Waals surface area contributed by atoms with Gasteiger partial charge in [0.2, 0.25) is 0 Å². The minimum atomic E-state index is -0.402. The number of rotatable bonds is 4. The molecule has 3 rings (SSSR count). The third kappa shape index (κ3) is 3.08. The second kappa shape index (κ2) is 6.49. The van der Waals surface area contributed by atoms with Gasteiger partial charge in [0.15, 0.2) is 0 Å². The van der Waals surface area contributed by atoms with Crippen molar-refractivity contribution < 1.29 is 14.6 Å². The minimum Gasteiger partial charge on any atom is -0.461 e. The van der Waals surface area contributed by atoms with Gasteiger partial charge in [-0.2, -0.15) is 0 Å². The third-order valence-corrected chi connectivity index (χ3v) is 5.47. The summed E-state index contributed by atoms with van der Waals surface area (Å²) in [7, 11) is 0. The molecule has 0 spiro atoms. The highest BCUT2D eigenvalue weighted by Gasteiger charge is 2.50. The molecule has 126 valence electrons. The summed E-state index contributed by atoms with van der Waals surface area (Å²) >= 11 is 0. The first-order valence-corrected chi connectivity index (χ1v) is 8.48. The molecule has 0 amide bonds. The van der Waals surface area contributed by atoms with Crippen molar-refractivity contribution in [3.8, 4) is 0 Å². The van der Waals surface area contributed by atoms with Gasteiger partial charge in [0, 0.05) is 24.2 Å². The van der Waals surface area contributed by atoms with Crippen LogP contribution in [0.1, 0.15) is 36.5 Å². The summed E-state index contributed by atoms with van der Waals surface area (Å²) in [5.41, 5.74) is 6.33. The largest absolute Gasteiger partial charge is 0.461 e. The number of carbonyl (C=O) groups is 1. The molecule has 1 saturated carbocycles. The van der Waals surface area contributed by atoms with E-state index < -0.39 is 5.97 Å². The Morgan fingerprint density at radius 1 is 1.48 bits per heavy atom. The number of hydrogen-bond donors (Lipinski definition) is 2. The van der Waals surface area contributed by atoms with E-state index in [4.69, 9.17) is 10.5 Å². The van der Waals surface area contributed by atoms with Crippen LogP contribution in [0.4, 0.5) is 5.69 Å². The molecule has 1 heterocycles. The first-order valence-electron chi connectivity index (χ1n) is 8.48. The Morgan fingerprint density at radius 3 is 3.00 bits per heavy atom. The number of likely N-dealkylation sites (tertiary alicyclic amines) is 1. The second-order valence-electron chi connectivity index (χ2n) is 6.95. The molecule has 5 heteroatoms. The molecule has 3 atom stereocenters. The second-order valence-corrected chi connectivity index (χ2v) is 6.95. The molecular weight excluding hydrogens is 292 g/mol. The van der Waals surface area contributed by atoms with Crippen LogP contribution in [0.3, 0.4) is 0 Å². The van der Waals surface area contributed by atoms with Crippen molar-refractivity contribution in [2.45, 2.75) is 32.3 Å². The number of esters is 1. The number of anilines is 1. The van der Waals surface area contributed by atoms with Crippen LogP contribution in [0.2, 0.25) is 0 Å². The van der Waals surface area contributed by atoms with Crippen molar-refractivity contribution in [1.29, 1.82) is 0 Å². The number of nitrogens with zero attached hydrogens (tertiary/aromatic N) is 1. The molecule has 3 N–H and O–H groups in total. The lowest BCUT2D eigenvalue weighted by Crippen LogP contribution is -2.60. The van der Waals surface area contributed by atoms with Gasteiger partial charge in [-0.05, 0) is 37.4 Å². The van der Waals surface area contributed by atoms with Gasteiger partial charge in [-0.15, -0.1) is 0 Å². The molecule has 0 radical (unpaired) electrons. The van der Waals surface area contributed by atoms with E-state index >= 15 is 0 Å². The van der Waals surface area contributed by atoms with Crippen LogP contribution in [0.15, 0.2) is 24.3 Å². The lowest BCUT2D eigenvalue weighted by molar-refractivity contribution is -0.135. The van der Waals surface area contributed by atoms with E-state index in [0.29, 0.717) is 11.3 Å². The summed E-state index contributed by atoms with van der Waals surface area (Å²) in [6, 6.07) is 6.94. The van der Waals surface area contributed by atoms with E-state index in [9.17, 15) is 9.90 Å². The fourth-order valence-electron chi connectivity index (χ4n) is 4.14. The number of nitrogen functional groups attached to an aromatic ring is 1. The molecule has 2 fully saturated rings. The number of aliphatic hydroxyl groups excluding tert-OH is 1. The lowest BCUT2D eigenvalue weighted by atomic mass is 9.64. The van der Waals surface area contributed by atoms with Gasteiger partial charge in [0.1, 0.15) is 6.61 Å². The van der Waals surface area contributed by atoms with Crippen molar-refractivity contribution in [2.24, 2.45) is 11.3 Å². The summed E-state index contributed by atoms with van der Waals surface area (Å²) in [6.45, 7) is 5.09. The number of aliphatic hydroxyl groups is 1. The van der Waals surface area contributed by atoms with E-state index in [1.54, 1.807) is 24.3 Å². The molecule has 1 aromatic carbocycles. The number of ether oxygens (including phenoxy) is 1. The Kier molecular flexibility index (Phi) is 4.60. The molecule has 2 bridgehead atoms. The highest BCUT2D eigenvalue weighted by Crippen LogP contribution is 2.44. The fraction of sp³-hybridized carbons (Fsp3) is 0.611. The Bertz CT molecular complexity index is 577. The van der Waals surface area contributed by atoms with Crippen molar-refractivity contribution in [3.63, 3.8) is 0 Å². The average Bonchev–Trinajstić information content (AvgIpc) is 2.54. The number of para-hydroxylation sites is 1. The highest BCUT2D eigenvalue weighted by atomic mass is 16.5. The number of hydrogen-bond acceptors (Lipinski definition) is 5. The van der Waals surface area contributed by atoms with Crippen molar-refractivity contribution in [3.05, 3.63) is 29.8 Å². The topological polar surface area (TPSA) is 75.8 Å². The van der Waals surface area contributed by atoms with Crippen molar-refractivity contribution in [1.82, 2.24) is 4.90 Å².